The quantitative estimate of drug-likeness (QED) is 0.844. The molecule has 24 heavy (non-hydrogen) atoms. The summed E-state index contributed by atoms with van der Waals surface area (Å²) in [5, 5.41) is 0. The maximum Gasteiger partial charge on any atom is 0.117 e. The molecule has 0 aromatic carbocycles. The standard InChI is InChI=1S/C19H24N2O3/c1-3-17(22-10-1)12-21-9-2-6-19(15-21)11-18(14-24-19)23-13-16-4-7-20-8-5-16/h1,3-5,7-8,10,18H,2,6,9,11-15H2/t18-,19+/m0/s1. The summed E-state index contributed by atoms with van der Waals surface area (Å²) in [7, 11) is 0. The van der Waals surface area contributed by atoms with Gasteiger partial charge in [0.2, 0.25) is 0 Å². The van der Waals surface area contributed by atoms with E-state index in [9.17, 15) is 0 Å². The van der Waals surface area contributed by atoms with Gasteiger partial charge < -0.3 is 13.9 Å². The van der Waals surface area contributed by atoms with Crippen LogP contribution in [0, 0.1) is 0 Å². The third kappa shape index (κ3) is 3.69. The van der Waals surface area contributed by atoms with Crippen LogP contribution in [0.15, 0.2) is 47.3 Å². The topological polar surface area (TPSA) is 47.7 Å². The molecule has 0 aliphatic carbocycles. The number of hydrogen-bond acceptors (Lipinski definition) is 5. The molecule has 1 spiro atoms. The van der Waals surface area contributed by atoms with Gasteiger partial charge in [0.05, 0.1) is 37.7 Å². The highest BCUT2D eigenvalue weighted by Gasteiger charge is 2.43. The van der Waals surface area contributed by atoms with Gasteiger partial charge in [-0.15, -0.1) is 0 Å². The summed E-state index contributed by atoms with van der Waals surface area (Å²) in [6.07, 6.45) is 8.80. The fourth-order valence-electron chi connectivity index (χ4n) is 3.84. The lowest BCUT2D eigenvalue weighted by Gasteiger charge is -2.39. The predicted octanol–water partition coefficient (Wildman–Crippen LogP) is 3.01. The SMILES string of the molecule is c1coc(CN2CCC[C@@]3(C[C@H](OCc4ccncc4)CO3)C2)c1. The molecule has 4 heterocycles. The number of pyridine rings is 1. The Kier molecular flexibility index (Phi) is 4.65. The first-order valence-electron chi connectivity index (χ1n) is 8.71. The van der Waals surface area contributed by atoms with Gasteiger partial charge >= 0.3 is 0 Å². The minimum Gasteiger partial charge on any atom is -0.468 e. The van der Waals surface area contributed by atoms with E-state index in [1.54, 1.807) is 18.7 Å². The van der Waals surface area contributed by atoms with Crippen molar-refractivity contribution in [3.05, 3.63) is 54.2 Å². The van der Waals surface area contributed by atoms with E-state index in [0.29, 0.717) is 13.2 Å². The molecule has 0 saturated carbocycles. The van der Waals surface area contributed by atoms with Crippen molar-refractivity contribution >= 4 is 0 Å². The van der Waals surface area contributed by atoms with E-state index in [-0.39, 0.29) is 11.7 Å². The second-order valence-electron chi connectivity index (χ2n) is 6.88. The zero-order chi connectivity index (χ0) is 16.2. The highest BCUT2D eigenvalue weighted by Crippen LogP contribution is 2.36. The minimum absolute atomic E-state index is 0.0479. The van der Waals surface area contributed by atoms with Gasteiger partial charge in [0, 0.05) is 25.4 Å². The van der Waals surface area contributed by atoms with E-state index in [1.165, 1.54) is 0 Å². The summed E-state index contributed by atoms with van der Waals surface area (Å²) in [6, 6.07) is 7.98. The minimum atomic E-state index is -0.0479. The Morgan fingerprint density at radius 3 is 3.04 bits per heavy atom. The Balaban J connectivity index is 1.31. The average molecular weight is 328 g/mol. The number of hydrogen-bond donors (Lipinski definition) is 0. The third-order valence-corrected chi connectivity index (χ3v) is 4.99. The van der Waals surface area contributed by atoms with Gasteiger partial charge in [-0.1, -0.05) is 0 Å². The van der Waals surface area contributed by atoms with Crippen LogP contribution in [0.1, 0.15) is 30.6 Å². The lowest BCUT2D eigenvalue weighted by atomic mass is 9.89. The molecule has 4 rings (SSSR count). The zero-order valence-electron chi connectivity index (χ0n) is 13.9. The van der Waals surface area contributed by atoms with Gasteiger partial charge in [-0.05, 0) is 49.2 Å². The molecule has 5 nitrogen and oxygen atoms in total. The molecule has 0 N–H and O–H groups in total. The van der Waals surface area contributed by atoms with Crippen LogP contribution in [0.25, 0.3) is 0 Å². The maximum atomic E-state index is 6.22. The Bertz CT molecular complexity index is 631. The van der Waals surface area contributed by atoms with Crippen molar-refractivity contribution in [2.75, 3.05) is 19.7 Å². The first-order valence-corrected chi connectivity index (χ1v) is 8.71. The van der Waals surface area contributed by atoms with E-state index in [1.807, 2.05) is 24.3 Å². The summed E-state index contributed by atoms with van der Waals surface area (Å²) in [4.78, 5) is 6.48. The van der Waals surface area contributed by atoms with Gasteiger partial charge in [0.15, 0.2) is 0 Å². The van der Waals surface area contributed by atoms with Gasteiger partial charge in [0.1, 0.15) is 5.76 Å². The molecule has 0 amide bonds. The number of furan rings is 1. The molecule has 5 heteroatoms. The summed E-state index contributed by atoms with van der Waals surface area (Å²) in [5.41, 5.74) is 1.11. The Hall–Kier alpha value is -1.69. The van der Waals surface area contributed by atoms with Crippen molar-refractivity contribution < 1.29 is 13.9 Å². The normalized spacial score (nSPS) is 27.8. The van der Waals surface area contributed by atoms with E-state index in [4.69, 9.17) is 13.9 Å². The Morgan fingerprint density at radius 1 is 1.29 bits per heavy atom. The first-order chi connectivity index (χ1) is 11.8. The number of aromatic nitrogens is 1. The van der Waals surface area contributed by atoms with Crippen molar-refractivity contribution in [3.63, 3.8) is 0 Å². The molecule has 2 fully saturated rings. The van der Waals surface area contributed by atoms with Crippen molar-refractivity contribution in [3.8, 4) is 0 Å². The predicted molar refractivity (Wildman–Crippen MR) is 89.3 cm³/mol. The molecule has 2 aromatic rings. The Labute approximate surface area is 142 Å². The number of piperidine rings is 1. The van der Waals surface area contributed by atoms with Crippen LogP contribution in [-0.2, 0) is 22.6 Å². The van der Waals surface area contributed by atoms with Gasteiger partial charge in [-0.3, -0.25) is 9.88 Å². The van der Waals surface area contributed by atoms with Crippen LogP contribution < -0.4 is 0 Å². The second kappa shape index (κ2) is 7.05. The lowest BCUT2D eigenvalue weighted by molar-refractivity contribution is -0.0559. The molecule has 2 saturated heterocycles. The molecular formula is C19H24N2O3. The van der Waals surface area contributed by atoms with Crippen molar-refractivity contribution in [1.29, 1.82) is 0 Å². The molecule has 0 bridgehead atoms. The molecule has 2 atom stereocenters. The van der Waals surface area contributed by atoms with Crippen molar-refractivity contribution in [2.45, 2.75) is 44.1 Å². The van der Waals surface area contributed by atoms with Crippen LogP contribution in [-0.4, -0.2) is 41.3 Å². The van der Waals surface area contributed by atoms with Crippen LogP contribution in [0.5, 0.6) is 0 Å². The molecule has 0 unspecified atom stereocenters. The summed E-state index contributed by atoms with van der Waals surface area (Å²) in [5.74, 6) is 1.02. The fraction of sp³-hybridized carbons (Fsp3) is 0.526. The third-order valence-electron chi connectivity index (χ3n) is 4.99. The van der Waals surface area contributed by atoms with Gasteiger partial charge in [0.25, 0.3) is 0 Å². The summed E-state index contributed by atoms with van der Waals surface area (Å²) >= 11 is 0. The van der Waals surface area contributed by atoms with Crippen LogP contribution in [0.2, 0.25) is 0 Å². The van der Waals surface area contributed by atoms with Crippen molar-refractivity contribution in [1.82, 2.24) is 9.88 Å². The van der Waals surface area contributed by atoms with E-state index < -0.39 is 0 Å². The van der Waals surface area contributed by atoms with Crippen LogP contribution >= 0.6 is 0 Å². The second-order valence-corrected chi connectivity index (χ2v) is 6.88. The van der Waals surface area contributed by atoms with Crippen LogP contribution in [0.3, 0.4) is 0 Å². The number of rotatable bonds is 5. The largest absolute Gasteiger partial charge is 0.468 e. The molecular weight excluding hydrogens is 304 g/mol. The van der Waals surface area contributed by atoms with Gasteiger partial charge in [-0.25, -0.2) is 0 Å². The first kappa shape index (κ1) is 15.8. The lowest BCUT2D eigenvalue weighted by Crippen LogP contribution is -2.47. The Morgan fingerprint density at radius 2 is 2.21 bits per heavy atom. The molecule has 2 aliphatic rings. The fourth-order valence-corrected chi connectivity index (χ4v) is 3.84. The molecule has 128 valence electrons. The molecule has 2 aliphatic heterocycles. The van der Waals surface area contributed by atoms with E-state index in [2.05, 4.69) is 9.88 Å². The maximum absolute atomic E-state index is 6.22. The monoisotopic (exact) mass is 328 g/mol. The van der Waals surface area contributed by atoms with E-state index >= 15 is 0 Å². The molecule has 2 aromatic heterocycles. The highest BCUT2D eigenvalue weighted by molar-refractivity contribution is 5.08. The van der Waals surface area contributed by atoms with Crippen LogP contribution in [0.4, 0.5) is 0 Å². The summed E-state index contributed by atoms with van der Waals surface area (Å²) < 4.78 is 17.8. The average Bonchev–Trinajstić information content (AvgIpc) is 3.25. The number of likely N-dealkylation sites (tertiary alicyclic amines) is 1. The smallest absolute Gasteiger partial charge is 0.117 e. The molecule has 0 radical (unpaired) electrons. The highest BCUT2D eigenvalue weighted by atomic mass is 16.6. The van der Waals surface area contributed by atoms with E-state index in [0.717, 1.165) is 50.2 Å². The summed E-state index contributed by atoms with van der Waals surface area (Å²) in [6.45, 7) is 4.25. The number of nitrogens with zero attached hydrogens (tertiary/aromatic N) is 2. The zero-order valence-corrected chi connectivity index (χ0v) is 13.9. The van der Waals surface area contributed by atoms with Crippen molar-refractivity contribution in [2.24, 2.45) is 0 Å². The van der Waals surface area contributed by atoms with Gasteiger partial charge in [-0.2, -0.15) is 0 Å². The number of ether oxygens (including phenoxy) is 2.